The molecule has 0 spiro atoms. The predicted octanol–water partition coefficient (Wildman–Crippen LogP) is 5.91. The first-order valence-corrected chi connectivity index (χ1v) is 12.4. The van der Waals surface area contributed by atoms with Crippen LogP contribution >= 0.6 is 0 Å². The molecule has 0 unspecified atom stereocenters. The van der Waals surface area contributed by atoms with Crippen molar-refractivity contribution in [2.75, 3.05) is 37.5 Å². The highest BCUT2D eigenvalue weighted by Crippen LogP contribution is 2.37. The smallest absolute Gasteiger partial charge is 0.229 e. The maximum absolute atomic E-state index is 14.8. The third kappa shape index (κ3) is 6.26. The topological polar surface area (TPSA) is 75.2 Å². The summed E-state index contributed by atoms with van der Waals surface area (Å²) in [7, 11) is 3.24. The van der Waals surface area contributed by atoms with Crippen molar-refractivity contribution in [1.82, 2.24) is 20.3 Å². The molecule has 1 saturated heterocycles. The van der Waals surface area contributed by atoms with Crippen molar-refractivity contribution < 1.29 is 13.5 Å². The van der Waals surface area contributed by atoms with E-state index in [4.69, 9.17) is 4.74 Å². The number of halogens is 2. The third-order valence-electron chi connectivity index (χ3n) is 6.24. The zero-order valence-corrected chi connectivity index (χ0v) is 21.9. The molecule has 3 heterocycles. The first kappa shape index (κ1) is 27.3. The molecular weight excluding hydrogens is 462 g/mol. The number of benzene rings is 1. The van der Waals surface area contributed by atoms with Crippen LogP contribution in [-0.4, -0.2) is 48.2 Å². The predicted molar refractivity (Wildman–Crippen MR) is 141 cm³/mol. The zero-order chi connectivity index (χ0) is 26.2. The molecule has 36 heavy (non-hydrogen) atoms. The average Bonchev–Trinajstić information content (AvgIpc) is 2.91. The Labute approximate surface area is 212 Å². The number of pyridine rings is 1. The maximum Gasteiger partial charge on any atom is 0.229 e. The maximum atomic E-state index is 14.8. The van der Waals surface area contributed by atoms with Gasteiger partial charge in [0.15, 0.2) is 17.4 Å². The third-order valence-corrected chi connectivity index (χ3v) is 6.24. The largest absolute Gasteiger partial charge is 0.492 e. The monoisotopic (exact) mass is 498 g/mol. The first-order valence-electron chi connectivity index (χ1n) is 12.4. The second-order valence-electron chi connectivity index (χ2n) is 8.73. The van der Waals surface area contributed by atoms with Crippen LogP contribution < -0.4 is 20.3 Å². The average molecular weight is 499 g/mol. The van der Waals surface area contributed by atoms with Gasteiger partial charge >= 0.3 is 0 Å². The van der Waals surface area contributed by atoms with E-state index < -0.39 is 11.6 Å². The fourth-order valence-corrected chi connectivity index (χ4v) is 4.08. The van der Waals surface area contributed by atoms with Crippen LogP contribution in [0.1, 0.15) is 52.0 Å². The Morgan fingerprint density at radius 1 is 1.06 bits per heavy atom. The Bertz CT molecular complexity index is 1130. The van der Waals surface area contributed by atoms with Gasteiger partial charge in [0.05, 0.1) is 19.0 Å². The van der Waals surface area contributed by atoms with Gasteiger partial charge in [0, 0.05) is 24.8 Å². The van der Waals surface area contributed by atoms with Gasteiger partial charge in [-0.15, -0.1) is 0 Å². The standard InChI is InChI=1S/C25H30F2N6O.C2H6/c1-15(2)33(3)21-12-18(11-19(26)24(21)34-4)23-20(27)14-30-25(32-23)31-22-6-5-17(13-29-22)16-7-9-28-10-8-16;1-2/h5-6,11-16,28H,7-10H2,1-4H3,(H,29,30,31,32);1-2H3. The molecule has 194 valence electrons. The van der Waals surface area contributed by atoms with Crippen LogP contribution in [-0.2, 0) is 0 Å². The second kappa shape index (κ2) is 12.6. The SMILES string of the molecule is CC.COc1c(F)cc(-c2nc(Nc3ccc(C4CCNCC4)cn3)ncc2F)cc1N(C)C(C)C. The number of aromatic nitrogens is 3. The fraction of sp³-hybridized carbons (Fsp3) is 0.444. The van der Waals surface area contributed by atoms with Crippen molar-refractivity contribution in [2.24, 2.45) is 0 Å². The summed E-state index contributed by atoms with van der Waals surface area (Å²) in [5.74, 6) is 0.0861. The molecule has 2 N–H and O–H groups in total. The normalized spacial score (nSPS) is 13.7. The van der Waals surface area contributed by atoms with Gasteiger partial charge in [-0.05, 0) is 69.5 Å². The number of hydrogen-bond acceptors (Lipinski definition) is 7. The zero-order valence-electron chi connectivity index (χ0n) is 21.9. The minimum atomic E-state index is -0.650. The highest BCUT2D eigenvalue weighted by molar-refractivity contribution is 5.72. The molecule has 0 aliphatic carbocycles. The number of rotatable bonds is 7. The van der Waals surface area contributed by atoms with Crippen molar-refractivity contribution in [1.29, 1.82) is 0 Å². The van der Waals surface area contributed by atoms with E-state index in [1.54, 1.807) is 6.07 Å². The lowest BCUT2D eigenvalue weighted by Crippen LogP contribution is -2.26. The molecule has 2 aromatic heterocycles. The molecule has 1 fully saturated rings. The summed E-state index contributed by atoms with van der Waals surface area (Å²) in [5, 5.41) is 6.39. The molecule has 7 nitrogen and oxygen atoms in total. The van der Waals surface area contributed by atoms with Gasteiger partial charge in [0.1, 0.15) is 11.5 Å². The van der Waals surface area contributed by atoms with Gasteiger partial charge in [-0.25, -0.2) is 23.7 Å². The Kier molecular flexibility index (Phi) is 9.52. The number of nitrogens with one attached hydrogen (secondary N) is 2. The van der Waals surface area contributed by atoms with Crippen LogP contribution in [0.5, 0.6) is 5.75 Å². The van der Waals surface area contributed by atoms with E-state index in [1.165, 1.54) is 18.7 Å². The minimum Gasteiger partial charge on any atom is -0.492 e. The molecule has 1 aromatic carbocycles. The summed E-state index contributed by atoms with van der Waals surface area (Å²) < 4.78 is 34.8. The van der Waals surface area contributed by atoms with Crippen molar-refractivity contribution in [3.8, 4) is 17.0 Å². The molecule has 0 atom stereocenters. The van der Waals surface area contributed by atoms with E-state index >= 15 is 0 Å². The Balaban J connectivity index is 0.00000176. The molecule has 4 rings (SSSR count). The van der Waals surface area contributed by atoms with Gasteiger partial charge in [-0.2, -0.15) is 0 Å². The molecule has 0 saturated carbocycles. The molecular formula is C27H36F2N6O. The van der Waals surface area contributed by atoms with Gasteiger partial charge in [-0.1, -0.05) is 19.9 Å². The van der Waals surface area contributed by atoms with Crippen LogP contribution in [0.4, 0.5) is 26.2 Å². The van der Waals surface area contributed by atoms with Gasteiger partial charge in [0.25, 0.3) is 0 Å². The Hall–Kier alpha value is -3.33. The highest BCUT2D eigenvalue weighted by Gasteiger charge is 2.20. The quantitative estimate of drug-likeness (QED) is 0.420. The van der Waals surface area contributed by atoms with Crippen molar-refractivity contribution in [3.05, 3.63) is 53.9 Å². The van der Waals surface area contributed by atoms with E-state index in [1.807, 2.05) is 58.0 Å². The Morgan fingerprint density at radius 3 is 2.39 bits per heavy atom. The summed E-state index contributed by atoms with van der Waals surface area (Å²) in [6, 6.07) is 6.88. The number of nitrogens with zero attached hydrogens (tertiary/aromatic N) is 4. The first-order chi connectivity index (χ1) is 17.4. The second-order valence-corrected chi connectivity index (χ2v) is 8.73. The summed E-state index contributed by atoms with van der Waals surface area (Å²) in [6.45, 7) is 9.97. The number of methoxy groups -OCH3 is 1. The molecule has 0 bridgehead atoms. The van der Waals surface area contributed by atoms with E-state index in [0.717, 1.165) is 32.1 Å². The summed E-state index contributed by atoms with van der Waals surface area (Å²) in [5.41, 5.74) is 1.99. The molecule has 0 amide bonds. The van der Waals surface area contributed by atoms with E-state index in [0.29, 0.717) is 17.4 Å². The lowest BCUT2D eigenvalue weighted by Gasteiger charge is -2.26. The van der Waals surface area contributed by atoms with Gasteiger partial charge < -0.3 is 20.3 Å². The number of anilines is 3. The fourth-order valence-electron chi connectivity index (χ4n) is 4.08. The summed E-state index contributed by atoms with van der Waals surface area (Å²) in [4.78, 5) is 14.7. The summed E-state index contributed by atoms with van der Waals surface area (Å²) in [6.07, 6.45) is 5.11. The molecule has 1 aliphatic rings. The molecule has 0 radical (unpaired) electrons. The lowest BCUT2D eigenvalue weighted by molar-refractivity contribution is 0.386. The minimum absolute atomic E-state index is 0.0104. The van der Waals surface area contributed by atoms with Crippen LogP contribution in [0.15, 0.2) is 36.7 Å². The summed E-state index contributed by atoms with van der Waals surface area (Å²) >= 11 is 0. The Morgan fingerprint density at radius 2 is 1.78 bits per heavy atom. The van der Waals surface area contributed by atoms with Crippen molar-refractivity contribution in [2.45, 2.75) is 52.5 Å². The van der Waals surface area contributed by atoms with Gasteiger partial charge in [0.2, 0.25) is 5.95 Å². The van der Waals surface area contributed by atoms with Crippen molar-refractivity contribution in [3.63, 3.8) is 0 Å². The lowest BCUT2D eigenvalue weighted by atomic mass is 9.91. The van der Waals surface area contributed by atoms with Crippen LogP contribution in [0.3, 0.4) is 0 Å². The van der Waals surface area contributed by atoms with Crippen LogP contribution in [0.2, 0.25) is 0 Å². The van der Waals surface area contributed by atoms with E-state index in [-0.39, 0.29) is 29.0 Å². The van der Waals surface area contributed by atoms with Crippen LogP contribution in [0.25, 0.3) is 11.3 Å². The van der Waals surface area contributed by atoms with Gasteiger partial charge in [-0.3, -0.25) is 0 Å². The van der Waals surface area contributed by atoms with Crippen LogP contribution in [0, 0.1) is 11.6 Å². The van der Waals surface area contributed by atoms with Crippen molar-refractivity contribution >= 4 is 17.5 Å². The van der Waals surface area contributed by atoms with E-state index in [9.17, 15) is 8.78 Å². The van der Waals surface area contributed by atoms with E-state index in [2.05, 4.69) is 25.6 Å². The highest BCUT2D eigenvalue weighted by atomic mass is 19.1. The molecule has 1 aliphatic heterocycles. The number of hydrogen-bond donors (Lipinski definition) is 2. The number of piperidine rings is 1. The molecule has 9 heteroatoms. The number of ether oxygens (including phenoxy) is 1. The molecule has 3 aromatic rings.